The van der Waals surface area contributed by atoms with Crippen LogP contribution >= 0.6 is 0 Å². The van der Waals surface area contributed by atoms with E-state index in [1.165, 1.54) is 18.0 Å². The molecule has 0 amide bonds. The lowest BCUT2D eigenvalue weighted by Crippen LogP contribution is -2.47. The first-order valence-corrected chi connectivity index (χ1v) is 8.51. The van der Waals surface area contributed by atoms with Crippen LogP contribution < -0.4 is 10.2 Å². The Balaban J connectivity index is 1.74. The Morgan fingerprint density at radius 2 is 1.93 bits per heavy atom. The Bertz CT molecular complexity index is 962. The molecule has 0 bridgehead atoms. The summed E-state index contributed by atoms with van der Waals surface area (Å²) in [4.78, 5) is 0. The molecule has 1 aliphatic rings. The van der Waals surface area contributed by atoms with E-state index in [0.29, 0.717) is 29.1 Å². The number of hydrogen-bond acceptors (Lipinski definition) is 5. The number of hydrogen-bond donors (Lipinski definition) is 0. The zero-order chi connectivity index (χ0) is 19.2. The molecular formula is C17H19BF2N4O3. The van der Waals surface area contributed by atoms with Gasteiger partial charge >= 0.3 is 13.7 Å². The number of fused-ring (bicyclic) bond motifs is 1. The molecule has 1 fully saturated rings. The summed E-state index contributed by atoms with van der Waals surface area (Å²) in [6, 6.07) is 5.62. The molecule has 10 heteroatoms. The van der Waals surface area contributed by atoms with Gasteiger partial charge < -0.3 is 14.0 Å². The van der Waals surface area contributed by atoms with Crippen LogP contribution in [-0.4, -0.2) is 47.0 Å². The standard InChI is InChI=1S/C17H19BF2N4O3/c1-17(2)9-26-18(27-10-17)12-5-4-6-13-11(12)7-23(21-13)14-8-24(16(19)20)22-15(14)25-3/h4-8,16H,9-10H2,1-3H3. The van der Waals surface area contributed by atoms with Crippen LogP contribution in [0.5, 0.6) is 5.88 Å². The maximum absolute atomic E-state index is 13.0. The fourth-order valence-electron chi connectivity index (χ4n) is 3.03. The molecule has 3 heterocycles. The average Bonchev–Trinajstić information content (AvgIpc) is 3.25. The number of benzene rings is 1. The topological polar surface area (TPSA) is 63.3 Å². The molecule has 142 valence electrons. The summed E-state index contributed by atoms with van der Waals surface area (Å²) in [5.41, 5.74) is 1.82. The SMILES string of the molecule is COc1nn(C(F)F)cc1-n1cc2c(B3OCC(C)(C)CO3)cccc2n1. The summed E-state index contributed by atoms with van der Waals surface area (Å²) in [6.45, 7) is 2.55. The summed E-state index contributed by atoms with van der Waals surface area (Å²) < 4.78 is 44.8. The first-order chi connectivity index (χ1) is 12.9. The van der Waals surface area contributed by atoms with E-state index in [0.717, 1.165) is 10.8 Å². The summed E-state index contributed by atoms with van der Waals surface area (Å²) >= 11 is 0. The first kappa shape index (κ1) is 17.9. The third kappa shape index (κ3) is 3.30. The van der Waals surface area contributed by atoms with Crippen molar-refractivity contribution in [2.24, 2.45) is 5.41 Å². The van der Waals surface area contributed by atoms with Gasteiger partial charge in [0, 0.05) is 30.2 Å². The Labute approximate surface area is 154 Å². The second-order valence-corrected chi connectivity index (χ2v) is 7.25. The summed E-state index contributed by atoms with van der Waals surface area (Å²) in [5, 5.41) is 9.03. The average molecular weight is 376 g/mol. The number of rotatable bonds is 4. The minimum Gasteiger partial charge on any atom is -0.478 e. The minimum atomic E-state index is -2.76. The van der Waals surface area contributed by atoms with Crippen LogP contribution in [0.2, 0.25) is 0 Å². The number of halogens is 2. The van der Waals surface area contributed by atoms with Crippen LogP contribution in [0.15, 0.2) is 30.6 Å². The van der Waals surface area contributed by atoms with Crippen molar-refractivity contribution in [3.63, 3.8) is 0 Å². The molecule has 0 unspecified atom stereocenters. The fourth-order valence-corrected chi connectivity index (χ4v) is 3.03. The zero-order valence-electron chi connectivity index (χ0n) is 15.2. The molecule has 0 atom stereocenters. The zero-order valence-corrected chi connectivity index (χ0v) is 15.2. The minimum absolute atomic E-state index is 0.0359. The van der Waals surface area contributed by atoms with Crippen molar-refractivity contribution in [2.45, 2.75) is 20.4 Å². The highest BCUT2D eigenvalue weighted by Crippen LogP contribution is 2.26. The molecule has 7 nitrogen and oxygen atoms in total. The molecule has 0 radical (unpaired) electrons. The molecule has 27 heavy (non-hydrogen) atoms. The molecule has 2 aromatic heterocycles. The van der Waals surface area contributed by atoms with Gasteiger partial charge in [-0.1, -0.05) is 26.0 Å². The molecule has 4 rings (SSSR count). The van der Waals surface area contributed by atoms with Crippen molar-refractivity contribution in [2.75, 3.05) is 20.3 Å². The van der Waals surface area contributed by atoms with E-state index in [9.17, 15) is 8.78 Å². The second-order valence-electron chi connectivity index (χ2n) is 7.25. The molecule has 1 saturated heterocycles. The van der Waals surface area contributed by atoms with Gasteiger partial charge in [-0.15, -0.1) is 5.10 Å². The monoisotopic (exact) mass is 376 g/mol. The van der Waals surface area contributed by atoms with Gasteiger partial charge in [-0.05, 0) is 11.5 Å². The van der Waals surface area contributed by atoms with E-state index < -0.39 is 13.7 Å². The lowest BCUT2D eigenvalue weighted by Gasteiger charge is -2.33. The highest BCUT2D eigenvalue weighted by atomic mass is 19.3. The van der Waals surface area contributed by atoms with E-state index >= 15 is 0 Å². The number of ether oxygens (including phenoxy) is 1. The van der Waals surface area contributed by atoms with Gasteiger partial charge in [-0.3, -0.25) is 0 Å². The number of methoxy groups -OCH3 is 1. The van der Waals surface area contributed by atoms with E-state index in [1.807, 2.05) is 18.2 Å². The van der Waals surface area contributed by atoms with E-state index in [2.05, 4.69) is 24.0 Å². The van der Waals surface area contributed by atoms with Crippen molar-refractivity contribution in [3.05, 3.63) is 30.6 Å². The highest BCUT2D eigenvalue weighted by molar-refractivity contribution is 6.64. The summed E-state index contributed by atoms with van der Waals surface area (Å²) in [7, 11) is 0.881. The van der Waals surface area contributed by atoms with Crippen molar-refractivity contribution in [3.8, 4) is 11.6 Å². The van der Waals surface area contributed by atoms with E-state index in [1.54, 1.807) is 6.20 Å². The molecule has 0 N–H and O–H groups in total. The molecule has 0 aliphatic carbocycles. The molecule has 1 aliphatic heterocycles. The maximum Gasteiger partial charge on any atom is 0.494 e. The van der Waals surface area contributed by atoms with E-state index in [-0.39, 0.29) is 11.3 Å². The Morgan fingerprint density at radius 1 is 1.19 bits per heavy atom. The lowest BCUT2D eigenvalue weighted by molar-refractivity contribution is 0.0344. The van der Waals surface area contributed by atoms with Crippen LogP contribution in [-0.2, 0) is 9.31 Å². The van der Waals surface area contributed by atoms with Gasteiger partial charge in [0.25, 0.3) is 5.88 Å². The van der Waals surface area contributed by atoms with Gasteiger partial charge in [0.15, 0.2) is 0 Å². The van der Waals surface area contributed by atoms with Gasteiger partial charge in [0.05, 0.1) is 18.8 Å². The van der Waals surface area contributed by atoms with Crippen molar-refractivity contribution in [1.82, 2.24) is 19.6 Å². The normalized spacial score (nSPS) is 17.0. The van der Waals surface area contributed by atoms with Crippen LogP contribution in [0, 0.1) is 5.41 Å². The second kappa shape index (κ2) is 6.61. The van der Waals surface area contributed by atoms with Gasteiger partial charge in [0.2, 0.25) is 0 Å². The third-order valence-electron chi connectivity index (χ3n) is 4.41. The predicted molar refractivity (Wildman–Crippen MR) is 95.7 cm³/mol. The Morgan fingerprint density at radius 3 is 2.59 bits per heavy atom. The van der Waals surface area contributed by atoms with Gasteiger partial charge in [-0.25, -0.2) is 9.36 Å². The molecular weight excluding hydrogens is 357 g/mol. The quantitative estimate of drug-likeness (QED) is 0.655. The number of aromatic nitrogens is 4. The van der Waals surface area contributed by atoms with Crippen LogP contribution in [0.3, 0.4) is 0 Å². The molecule has 0 saturated carbocycles. The van der Waals surface area contributed by atoms with Crippen LogP contribution in [0.1, 0.15) is 20.4 Å². The largest absolute Gasteiger partial charge is 0.494 e. The number of nitrogens with zero attached hydrogens (tertiary/aromatic N) is 4. The molecule has 1 aromatic carbocycles. The molecule has 0 spiro atoms. The fraction of sp³-hybridized carbons (Fsp3) is 0.412. The Hall–Kier alpha value is -2.46. The van der Waals surface area contributed by atoms with E-state index in [4.69, 9.17) is 14.0 Å². The van der Waals surface area contributed by atoms with Crippen LogP contribution in [0.25, 0.3) is 16.6 Å². The third-order valence-corrected chi connectivity index (χ3v) is 4.41. The molecule has 3 aromatic rings. The lowest BCUT2D eigenvalue weighted by atomic mass is 9.74. The van der Waals surface area contributed by atoms with Crippen molar-refractivity contribution < 1.29 is 22.8 Å². The smallest absolute Gasteiger partial charge is 0.478 e. The van der Waals surface area contributed by atoms with Crippen molar-refractivity contribution >= 4 is 23.5 Å². The summed E-state index contributed by atoms with van der Waals surface area (Å²) in [5.74, 6) is 0.0663. The first-order valence-electron chi connectivity index (χ1n) is 8.51. The number of alkyl halides is 2. The van der Waals surface area contributed by atoms with Crippen LogP contribution in [0.4, 0.5) is 8.78 Å². The maximum atomic E-state index is 13.0. The van der Waals surface area contributed by atoms with Crippen molar-refractivity contribution in [1.29, 1.82) is 0 Å². The van der Waals surface area contributed by atoms with Gasteiger partial charge in [-0.2, -0.15) is 13.9 Å². The Kier molecular flexibility index (Phi) is 4.39. The predicted octanol–water partition coefficient (Wildman–Crippen LogP) is 2.39. The summed E-state index contributed by atoms with van der Waals surface area (Å²) in [6.07, 6.45) is 2.94. The van der Waals surface area contributed by atoms with Gasteiger partial charge in [0.1, 0.15) is 5.69 Å². The highest BCUT2D eigenvalue weighted by Gasteiger charge is 2.34.